The largest absolute Gasteiger partial charge is 0.478 e. The number of rotatable bonds is 2. The highest BCUT2D eigenvalue weighted by molar-refractivity contribution is 6.22. The molecule has 0 radical (unpaired) electrons. The average Bonchev–Trinajstić information content (AvgIpc) is 2.85. The van der Waals surface area contributed by atoms with Crippen LogP contribution in [0.5, 0.6) is 0 Å². The average molecular weight is 323 g/mol. The molecule has 2 fully saturated rings. The second-order valence-corrected chi connectivity index (χ2v) is 6.56. The number of carbonyl (C=O) groups excluding carboxylic acids is 2. The topological polar surface area (TPSA) is 74.7 Å². The molecule has 2 aromatic carbocycles. The van der Waals surface area contributed by atoms with Gasteiger partial charge in [-0.1, -0.05) is 25.0 Å². The van der Waals surface area contributed by atoms with Gasteiger partial charge >= 0.3 is 5.97 Å². The minimum atomic E-state index is -0.977. The third-order valence-corrected chi connectivity index (χ3v) is 5.17. The Morgan fingerprint density at radius 1 is 0.917 bits per heavy atom. The van der Waals surface area contributed by atoms with E-state index in [9.17, 15) is 14.4 Å². The number of anilines is 1. The van der Waals surface area contributed by atoms with Gasteiger partial charge in [0.15, 0.2) is 0 Å². The van der Waals surface area contributed by atoms with E-state index in [1.807, 2.05) is 0 Å². The number of carboxylic acids is 1. The van der Waals surface area contributed by atoms with E-state index in [-0.39, 0.29) is 29.2 Å². The summed E-state index contributed by atoms with van der Waals surface area (Å²) in [6.07, 6.45) is 3.59. The summed E-state index contributed by atoms with van der Waals surface area (Å²) in [5, 5.41) is 10.6. The van der Waals surface area contributed by atoms with Crippen LogP contribution in [0.4, 0.5) is 5.69 Å². The van der Waals surface area contributed by atoms with Crippen LogP contribution in [0.2, 0.25) is 0 Å². The van der Waals surface area contributed by atoms with Gasteiger partial charge in [-0.2, -0.15) is 0 Å². The molecule has 0 spiro atoms. The molecule has 0 unspecified atom stereocenters. The maximum Gasteiger partial charge on any atom is 0.335 e. The molecule has 0 bridgehead atoms. The zero-order valence-electron chi connectivity index (χ0n) is 13.1. The maximum atomic E-state index is 12.7. The van der Waals surface area contributed by atoms with Crippen LogP contribution in [0.3, 0.4) is 0 Å². The van der Waals surface area contributed by atoms with Gasteiger partial charge in [0, 0.05) is 0 Å². The van der Waals surface area contributed by atoms with Crippen molar-refractivity contribution in [3.05, 3.63) is 42.0 Å². The van der Waals surface area contributed by atoms with Crippen LogP contribution in [-0.2, 0) is 9.59 Å². The fraction of sp³-hybridized carbons (Fsp3) is 0.316. The molecule has 2 aliphatic rings. The van der Waals surface area contributed by atoms with E-state index in [4.69, 9.17) is 5.11 Å². The summed E-state index contributed by atoms with van der Waals surface area (Å²) < 4.78 is 0. The Balaban J connectivity index is 1.73. The van der Waals surface area contributed by atoms with Crippen molar-refractivity contribution >= 4 is 34.2 Å². The van der Waals surface area contributed by atoms with Crippen molar-refractivity contribution in [2.45, 2.75) is 25.7 Å². The fourth-order valence-corrected chi connectivity index (χ4v) is 3.92. The van der Waals surface area contributed by atoms with Crippen molar-refractivity contribution in [3.63, 3.8) is 0 Å². The van der Waals surface area contributed by atoms with Crippen LogP contribution in [0, 0.1) is 11.8 Å². The second-order valence-electron chi connectivity index (χ2n) is 6.56. The summed E-state index contributed by atoms with van der Waals surface area (Å²) in [7, 11) is 0. The number of nitrogens with zero attached hydrogens (tertiary/aromatic N) is 1. The Bertz CT molecular complexity index is 849. The number of hydrogen-bond acceptors (Lipinski definition) is 3. The van der Waals surface area contributed by atoms with E-state index < -0.39 is 5.97 Å². The molecule has 24 heavy (non-hydrogen) atoms. The lowest BCUT2D eigenvalue weighted by molar-refractivity contribution is -0.122. The van der Waals surface area contributed by atoms with Crippen LogP contribution in [0.15, 0.2) is 36.4 Å². The Labute approximate surface area is 138 Å². The number of carbonyl (C=O) groups is 3. The number of carboxylic acid groups (broad SMARTS) is 1. The molecule has 2 aromatic rings. The van der Waals surface area contributed by atoms with Crippen molar-refractivity contribution in [1.82, 2.24) is 0 Å². The number of amides is 2. The first-order valence-corrected chi connectivity index (χ1v) is 8.21. The molecular weight excluding hydrogens is 306 g/mol. The third kappa shape index (κ3) is 2.19. The van der Waals surface area contributed by atoms with Crippen LogP contribution in [0.25, 0.3) is 10.8 Å². The van der Waals surface area contributed by atoms with Gasteiger partial charge in [0.05, 0.1) is 23.1 Å². The van der Waals surface area contributed by atoms with E-state index >= 15 is 0 Å². The molecule has 1 aliphatic heterocycles. The lowest BCUT2D eigenvalue weighted by atomic mass is 9.81. The molecule has 2 atom stereocenters. The molecule has 1 saturated heterocycles. The van der Waals surface area contributed by atoms with E-state index in [2.05, 4.69) is 0 Å². The van der Waals surface area contributed by atoms with Gasteiger partial charge in [0.2, 0.25) is 11.8 Å². The highest BCUT2D eigenvalue weighted by atomic mass is 16.4. The van der Waals surface area contributed by atoms with Crippen molar-refractivity contribution in [1.29, 1.82) is 0 Å². The predicted octanol–water partition coefficient (Wildman–Crippen LogP) is 3.22. The lowest BCUT2D eigenvalue weighted by Gasteiger charge is -2.19. The summed E-state index contributed by atoms with van der Waals surface area (Å²) in [4.78, 5) is 37.7. The Kier molecular flexibility index (Phi) is 3.37. The van der Waals surface area contributed by atoms with Gasteiger partial charge in [-0.15, -0.1) is 0 Å². The molecule has 1 aliphatic carbocycles. The first kappa shape index (κ1) is 14.9. The van der Waals surface area contributed by atoms with Gasteiger partial charge in [-0.3, -0.25) is 14.5 Å². The molecule has 1 heterocycles. The highest BCUT2D eigenvalue weighted by Crippen LogP contribution is 2.40. The van der Waals surface area contributed by atoms with Crippen LogP contribution < -0.4 is 4.90 Å². The smallest absolute Gasteiger partial charge is 0.335 e. The zero-order valence-corrected chi connectivity index (χ0v) is 13.1. The monoisotopic (exact) mass is 323 g/mol. The van der Waals surface area contributed by atoms with Gasteiger partial charge in [-0.05, 0) is 47.9 Å². The van der Waals surface area contributed by atoms with E-state index in [0.29, 0.717) is 5.69 Å². The standard InChI is InChI=1S/C19H17NO4/c21-17-15-3-1-2-4-16(15)18(22)20(17)14-8-7-11-9-13(19(23)24)6-5-12(11)10-14/h5-10,15-16H,1-4H2,(H,23,24)/t15-,16-/m0/s1. The number of hydrogen-bond donors (Lipinski definition) is 1. The molecule has 122 valence electrons. The lowest BCUT2D eigenvalue weighted by Crippen LogP contribution is -2.30. The van der Waals surface area contributed by atoms with Crippen molar-refractivity contribution < 1.29 is 19.5 Å². The number of fused-ring (bicyclic) bond motifs is 2. The summed E-state index contributed by atoms with van der Waals surface area (Å²) in [6.45, 7) is 0. The number of aromatic carboxylic acids is 1. The minimum absolute atomic E-state index is 0.0915. The van der Waals surface area contributed by atoms with Crippen molar-refractivity contribution in [2.75, 3.05) is 4.90 Å². The van der Waals surface area contributed by atoms with Gasteiger partial charge < -0.3 is 5.11 Å². The SMILES string of the molecule is O=C(O)c1ccc2cc(N3C(=O)[C@H]4CCCC[C@@H]4C3=O)ccc2c1. The molecule has 4 rings (SSSR count). The van der Waals surface area contributed by atoms with E-state index in [0.717, 1.165) is 36.5 Å². The minimum Gasteiger partial charge on any atom is -0.478 e. The number of benzene rings is 2. The maximum absolute atomic E-state index is 12.7. The molecule has 1 N–H and O–H groups in total. The van der Waals surface area contributed by atoms with E-state index in [1.54, 1.807) is 30.3 Å². The Morgan fingerprint density at radius 3 is 2.12 bits per heavy atom. The number of imide groups is 1. The second kappa shape index (κ2) is 5.44. The van der Waals surface area contributed by atoms with E-state index in [1.165, 1.54) is 11.0 Å². The zero-order chi connectivity index (χ0) is 16.8. The van der Waals surface area contributed by atoms with Crippen LogP contribution >= 0.6 is 0 Å². The fourth-order valence-electron chi connectivity index (χ4n) is 3.92. The molecule has 0 aromatic heterocycles. The molecule has 2 amide bonds. The third-order valence-electron chi connectivity index (χ3n) is 5.17. The van der Waals surface area contributed by atoms with Crippen LogP contribution in [-0.4, -0.2) is 22.9 Å². The molecular formula is C19H17NO4. The normalized spacial score (nSPS) is 23.6. The molecule has 1 saturated carbocycles. The molecule has 5 nitrogen and oxygen atoms in total. The quantitative estimate of drug-likeness (QED) is 0.861. The van der Waals surface area contributed by atoms with Gasteiger partial charge in [0.25, 0.3) is 0 Å². The summed E-state index contributed by atoms with van der Waals surface area (Å²) in [5.74, 6) is -1.50. The first-order valence-electron chi connectivity index (χ1n) is 8.21. The first-order chi connectivity index (χ1) is 11.6. The molecule has 5 heteroatoms. The van der Waals surface area contributed by atoms with Crippen molar-refractivity contribution in [2.24, 2.45) is 11.8 Å². The van der Waals surface area contributed by atoms with Crippen molar-refractivity contribution in [3.8, 4) is 0 Å². The Hall–Kier alpha value is -2.69. The van der Waals surface area contributed by atoms with Gasteiger partial charge in [0.1, 0.15) is 0 Å². The van der Waals surface area contributed by atoms with Crippen LogP contribution in [0.1, 0.15) is 36.0 Å². The highest BCUT2D eigenvalue weighted by Gasteiger charge is 2.48. The predicted molar refractivity (Wildman–Crippen MR) is 88.8 cm³/mol. The summed E-state index contributed by atoms with van der Waals surface area (Å²) >= 11 is 0. The summed E-state index contributed by atoms with van der Waals surface area (Å²) in [5.41, 5.74) is 0.796. The summed E-state index contributed by atoms with van der Waals surface area (Å²) in [6, 6.07) is 10.1. The Morgan fingerprint density at radius 2 is 1.50 bits per heavy atom. The van der Waals surface area contributed by atoms with Gasteiger partial charge in [-0.25, -0.2) is 4.79 Å².